The smallest absolute Gasteiger partial charge is 0.0506 e. The average Bonchev–Trinajstić information content (AvgIpc) is 3.07. The molecule has 1 aliphatic rings. The number of nitrogens with one attached hydrogen (secondary N) is 1. The van der Waals surface area contributed by atoms with Gasteiger partial charge in [-0.05, 0) is 44.4 Å². The minimum Gasteiger partial charge on any atom is -0.398 e. The van der Waals surface area contributed by atoms with Crippen LogP contribution in [0, 0.1) is 0 Å². The lowest BCUT2D eigenvalue weighted by molar-refractivity contribution is 0.616. The first-order valence-corrected chi connectivity index (χ1v) is 6.78. The molecule has 1 aliphatic carbocycles. The van der Waals surface area contributed by atoms with E-state index in [1.807, 2.05) is 12.1 Å². The quantitative estimate of drug-likeness (QED) is 0.810. The van der Waals surface area contributed by atoms with Gasteiger partial charge in [0.05, 0.1) is 5.52 Å². The molecule has 0 radical (unpaired) electrons. The lowest BCUT2D eigenvalue weighted by Crippen LogP contribution is -2.15. The molecule has 0 aliphatic heterocycles. The molecule has 3 nitrogen and oxygen atoms in total. The summed E-state index contributed by atoms with van der Waals surface area (Å²) in [5.41, 5.74) is 9.61. The summed E-state index contributed by atoms with van der Waals surface area (Å²) >= 11 is 0. The van der Waals surface area contributed by atoms with Crippen molar-refractivity contribution in [3.8, 4) is 0 Å². The van der Waals surface area contributed by atoms with Gasteiger partial charge in [0.2, 0.25) is 0 Å². The Morgan fingerprint density at radius 2 is 2.17 bits per heavy atom. The molecule has 1 fully saturated rings. The van der Waals surface area contributed by atoms with Crippen molar-refractivity contribution in [2.24, 2.45) is 0 Å². The molecule has 1 saturated carbocycles. The van der Waals surface area contributed by atoms with Crippen molar-refractivity contribution >= 4 is 16.6 Å². The van der Waals surface area contributed by atoms with E-state index in [0.29, 0.717) is 6.04 Å². The van der Waals surface area contributed by atoms with Gasteiger partial charge in [-0.25, -0.2) is 0 Å². The van der Waals surface area contributed by atoms with E-state index in [1.54, 1.807) is 0 Å². The molecule has 3 heteroatoms. The summed E-state index contributed by atoms with van der Waals surface area (Å²) in [6.45, 7) is 5.34. The largest absolute Gasteiger partial charge is 0.398 e. The number of benzene rings is 1. The molecule has 18 heavy (non-hydrogen) atoms. The fourth-order valence-electron chi connectivity index (χ4n) is 2.53. The Balaban J connectivity index is 2.05. The second kappa shape index (κ2) is 4.32. The number of fused-ring (bicyclic) bond motifs is 1. The lowest BCUT2D eigenvalue weighted by Gasteiger charge is -2.08. The average molecular weight is 243 g/mol. The zero-order valence-corrected chi connectivity index (χ0v) is 11.1. The van der Waals surface area contributed by atoms with E-state index in [-0.39, 0.29) is 0 Å². The summed E-state index contributed by atoms with van der Waals surface area (Å²) in [6.07, 6.45) is 4.89. The molecule has 1 aromatic carbocycles. The number of aromatic nitrogens is 1. The van der Waals surface area contributed by atoms with Crippen molar-refractivity contribution in [3.63, 3.8) is 0 Å². The van der Waals surface area contributed by atoms with Gasteiger partial charge in [0.1, 0.15) is 0 Å². The molecule has 96 valence electrons. The van der Waals surface area contributed by atoms with E-state index in [2.05, 4.69) is 36.0 Å². The predicted molar refractivity (Wildman–Crippen MR) is 76.6 cm³/mol. The van der Waals surface area contributed by atoms with Crippen molar-refractivity contribution in [1.29, 1.82) is 0 Å². The van der Waals surface area contributed by atoms with Gasteiger partial charge >= 0.3 is 0 Å². The van der Waals surface area contributed by atoms with Gasteiger partial charge in [-0.3, -0.25) is 0 Å². The van der Waals surface area contributed by atoms with Crippen LogP contribution in [0.2, 0.25) is 0 Å². The highest BCUT2D eigenvalue weighted by atomic mass is 15.0. The first-order chi connectivity index (χ1) is 8.66. The van der Waals surface area contributed by atoms with Crippen LogP contribution in [0.15, 0.2) is 24.4 Å². The number of rotatable bonds is 4. The van der Waals surface area contributed by atoms with Gasteiger partial charge in [0.25, 0.3) is 0 Å². The van der Waals surface area contributed by atoms with Crippen LogP contribution in [0.3, 0.4) is 0 Å². The van der Waals surface area contributed by atoms with Crippen molar-refractivity contribution in [1.82, 2.24) is 9.88 Å². The topological polar surface area (TPSA) is 43.0 Å². The number of nitrogens with two attached hydrogens (primary N) is 1. The van der Waals surface area contributed by atoms with Crippen LogP contribution in [-0.4, -0.2) is 10.6 Å². The van der Waals surface area contributed by atoms with E-state index in [1.165, 1.54) is 29.3 Å². The van der Waals surface area contributed by atoms with Crippen molar-refractivity contribution in [3.05, 3.63) is 30.0 Å². The van der Waals surface area contributed by atoms with Crippen LogP contribution in [-0.2, 0) is 6.54 Å². The Morgan fingerprint density at radius 3 is 2.83 bits per heavy atom. The maximum Gasteiger partial charge on any atom is 0.0506 e. The third-order valence-electron chi connectivity index (χ3n) is 3.68. The van der Waals surface area contributed by atoms with Gasteiger partial charge in [-0.1, -0.05) is 6.07 Å². The first-order valence-electron chi connectivity index (χ1n) is 6.78. The van der Waals surface area contributed by atoms with Gasteiger partial charge in [0.15, 0.2) is 0 Å². The second-order valence-corrected chi connectivity index (χ2v) is 5.55. The van der Waals surface area contributed by atoms with E-state index in [4.69, 9.17) is 5.73 Å². The summed E-state index contributed by atoms with van der Waals surface area (Å²) in [5.74, 6) is 0. The number of hydrogen-bond donors (Lipinski definition) is 2. The fourth-order valence-corrected chi connectivity index (χ4v) is 2.53. The molecule has 2 aromatic rings. The van der Waals surface area contributed by atoms with Crippen LogP contribution in [0.5, 0.6) is 0 Å². The van der Waals surface area contributed by atoms with E-state index in [0.717, 1.165) is 18.3 Å². The molecule has 0 saturated heterocycles. The second-order valence-electron chi connectivity index (χ2n) is 5.55. The Morgan fingerprint density at radius 1 is 1.39 bits per heavy atom. The summed E-state index contributed by atoms with van der Waals surface area (Å²) in [6, 6.07) is 7.38. The fraction of sp³-hybridized carbons (Fsp3) is 0.467. The molecule has 0 spiro atoms. The van der Waals surface area contributed by atoms with E-state index in [9.17, 15) is 0 Å². The van der Waals surface area contributed by atoms with Crippen LogP contribution >= 0.6 is 0 Å². The predicted octanol–water partition coefficient (Wildman–Crippen LogP) is 3.06. The van der Waals surface area contributed by atoms with Crippen LogP contribution in [0.1, 0.15) is 38.3 Å². The Hall–Kier alpha value is -1.48. The van der Waals surface area contributed by atoms with E-state index < -0.39 is 0 Å². The molecular weight excluding hydrogens is 222 g/mol. The van der Waals surface area contributed by atoms with Crippen LogP contribution < -0.4 is 11.1 Å². The minimum atomic E-state index is 0.462. The van der Waals surface area contributed by atoms with Gasteiger partial charge < -0.3 is 15.6 Å². The molecular formula is C15H21N3. The number of nitrogen functional groups attached to an aromatic ring is 1. The molecule has 0 atom stereocenters. The van der Waals surface area contributed by atoms with Gasteiger partial charge in [0, 0.05) is 35.9 Å². The summed E-state index contributed by atoms with van der Waals surface area (Å²) in [4.78, 5) is 0. The van der Waals surface area contributed by atoms with Crippen LogP contribution in [0.4, 0.5) is 5.69 Å². The van der Waals surface area contributed by atoms with Crippen molar-refractivity contribution in [2.75, 3.05) is 5.73 Å². The highest BCUT2D eigenvalue weighted by Crippen LogP contribution is 2.30. The van der Waals surface area contributed by atoms with Gasteiger partial charge in [-0.15, -0.1) is 0 Å². The minimum absolute atomic E-state index is 0.462. The van der Waals surface area contributed by atoms with Gasteiger partial charge in [-0.2, -0.15) is 0 Å². The molecule has 1 heterocycles. The summed E-state index contributed by atoms with van der Waals surface area (Å²) in [5, 5.41) is 4.80. The highest BCUT2D eigenvalue weighted by Gasteiger charge is 2.21. The Kier molecular flexibility index (Phi) is 2.78. The molecule has 0 bridgehead atoms. The number of nitrogens with zero attached hydrogens (tertiary/aromatic N) is 1. The maximum atomic E-state index is 6.15. The molecule has 3 rings (SSSR count). The third-order valence-corrected chi connectivity index (χ3v) is 3.68. The molecule has 0 amide bonds. The summed E-state index contributed by atoms with van der Waals surface area (Å²) < 4.78 is 2.32. The van der Waals surface area contributed by atoms with E-state index >= 15 is 0 Å². The van der Waals surface area contributed by atoms with Crippen molar-refractivity contribution < 1.29 is 0 Å². The number of hydrogen-bond acceptors (Lipinski definition) is 2. The zero-order valence-electron chi connectivity index (χ0n) is 11.1. The molecule has 3 N–H and O–H groups in total. The SMILES string of the molecule is CC(C)n1cc(CNC2CC2)c2c(N)cccc21. The Bertz CT molecular complexity index is 564. The van der Waals surface area contributed by atoms with Crippen molar-refractivity contribution in [2.45, 2.75) is 45.3 Å². The zero-order chi connectivity index (χ0) is 12.7. The maximum absolute atomic E-state index is 6.15. The monoisotopic (exact) mass is 243 g/mol. The Labute approximate surface area is 108 Å². The number of anilines is 1. The first kappa shape index (κ1) is 11.6. The molecule has 1 aromatic heterocycles. The highest BCUT2D eigenvalue weighted by molar-refractivity contribution is 5.94. The normalized spacial score (nSPS) is 15.7. The third kappa shape index (κ3) is 1.99. The standard InChI is InChI=1S/C15H21N3/c1-10(2)18-9-11(8-17-12-6-7-12)15-13(16)4-3-5-14(15)18/h3-5,9-10,12,17H,6-8,16H2,1-2H3. The summed E-state index contributed by atoms with van der Waals surface area (Å²) in [7, 11) is 0. The van der Waals surface area contributed by atoms with Crippen LogP contribution in [0.25, 0.3) is 10.9 Å². The lowest BCUT2D eigenvalue weighted by atomic mass is 10.1. The molecule has 0 unspecified atom stereocenters.